The molecule has 3 aromatic heterocycles. The van der Waals surface area contributed by atoms with Gasteiger partial charge in [-0.1, -0.05) is 40.8 Å². The normalized spacial score (nSPS) is 12.2. The Hall–Kier alpha value is -2.78. The minimum Gasteiger partial charge on any atom is -0.317 e. The molecule has 4 rings (SSSR count). The summed E-state index contributed by atoms with van der Waals surface area (Å²) in [4.78, 5) is 18.0. The summed E-state index contributed by atoms with van der Waals surface area (Å²) in [7, 11) is -3.96. The SMILES string of the molecule is Cc1cccn2c(=O)c3cc(S(=O)(=O)c4ccc(Br)cc4)c(N)[n+](CC(C)C)c3nc12. The van der Waals surface area contributed by atoms with E-state index in [9.17, 15) is 13.2 Å². The van der Waals surface area contributed by atoms with Crippen LogP contribution in [0.2, 0.25) is 0 Å². The first-order valence-corrected chi connectivity index (χ1v) is 12.0. The smallest absolute Gasteiger partial charge is 0.278 e. The van der Waals surface area contributed by atoms with E-state index in [0.717, 1.165) is 10.0 Å². The van der Waals surface area contributed by atoms with Crippen LogP contribution in [0.1, 0.15) is 19.4 Å². The van der Waals surface area contributed by atoms with Crippen molar-refractivity contribution in [1.82, 2.24) is 9.38 Å². The van der Waals surface area contributed by atoms with Crippen LogP contribution >= 0.6 is 15.9 Å². The number of halogens is 1. The highest BCUT2D eigenvalue weighted by Gasteiger charge is 2.29. The van der Waals surface area contributed by atoms with E-state index in [2.05, 4.69) is 15.9 Å². The summed E-state index contributed by atoms with van der Waals surface area (Å²) >= 11 is 3.32. The summed E-state index contributed by atoms with van der Waals surface area (Å²) in [6, 6.07) is 11.3. The lowest BCUT2D eigenvalue weighted by Gasteiger charge is -2.14. The van der Waals surface area contributed by atoms with Crippen LogP contribution in [0.4, 0.5) is 5.82 Å². The van der Waals surface area contributed by atoms with E-state index in [1.807, 2.05) is 26.8 Å². The molecular weight excluding hydrogens is 480 g/mol. The van der Waals surface area contributed by atoms with Crippen molar-refractivity contribution in [2.45, 2.75) is 37.1 Å². The highest BCUT2D eigenvalue weighted by molar-refractivity contribution is 9.10. The number of nitrogens with zero attached hydrogens (tertiary/aromatic N) is 3. The lowest BCUT2D eigenvalue weighted by Crippen LogP contribution is -2.43. The summed E-state index contributed by atoms with van der Waals surface area (Å²) < 4.78 is 30.7. The zero-order valence-electron chi connectivity index (χ0n) is 17.3. The Bertz CT molecular complexity index is 1490. The molecule has 0 unspecified atom stereocenters. The molecule has 0 saturated carbocycles. The van der Waals surface area contributed by atoms with Crippen molar-refractivity contribution in [2.75, 3.05) is 5.73 Å². The Kier molecular flexibility index (Phi) is 5.35. The first-order chi connectivity index (χ1) is 14.6. The predicted octanol–water partition coefficient (Wildman–Crippen LogP) is 3.28. The molecule has 0 atom stereocenters. The number of sulfone groups is 1. The molecule has 0 fully saturated rings. The van der Waals surface area contributed by atoms with E-state index < -0.39 is 9.84 Å². The lowest BCUT2D eigenvalue weighted by molar-refractivity contribution is -0.666. The topological polar surface area (TPSA) is 98.4 Å². The van der Waals surface area contributed by atoms with Gasteiger partial charge >= 0.3 is 0 Å². The molecule has 4 aromatic rings. The molecule has 0 amide bonds. The van der Waals surface area contributed by atoms with Gasteiger partial charge in [0.2, 0.25) is 21.3 Å². The number of aromatic nitrogens is 3. The number of hydrogen-bond donors (Lipinski definition) is 1. The van der Waals surface area contributed by atoms with Crippen LogP contribution in [-0.4, -0.2) is 17.8 Å². The van der Waals surface area contributed by atoms with Crippen molar-refractivity contribution in [3.05, 3.63) is 69.1 Å². The van der Waals surface area contributed by atoms with E-state index in [1.54, 1.807) is 29.0 Å². The molecule has 0 spiro atoms. The summed E-state index contributed by atoms with van der Waals surface area (Å²) in [5.41, 5.74) is 7.79. The lowest BCUT2D eigenvalue weighted by atomic mass is 10.2. The minimum atomic E-state index is -3.96. The molecule has 160 valence electrons. The van der Waals surface area contributed by atoms with Crippen LogP contribution in [0.5, 0.6) is 0 Å². The maximum atomic E-state index is 13.4. The second-order valence-electron chi connectivity index (χ2n) is 7.89. The Labute approximate surface area is 188 Å². The molecule has 0 bridgehead atoms. The Morgan fingerprint density at radius 2 is 1.87 bits per heavy atom. The second kappa shape index (κ2) is 7.72. The van der Waals surface area contributed by atoms with Gasteiger partial charge in [0.1, 0.15) is 10.3 Å². The third kappa shape index (κ3) is 3.61. The standard InChI is InChI=1S/C22H21BrN4O3S/c1-13(2)12-27-19(24)18(31(29,30)16-8-6-15(23)7-9-16)11-17-21(27)25-20-14(3)5-4-10-26(20)22(17)28/h4-11,13,24H,12H2,1-3H3/p+1. The van der Waals surface area contributed by atoms with E-state index >= 15 is 0 Å². The average Bonchev–Trinajstić information content (AvgIpc) is 2.71. The van der Waals surface area contributed by atoms with E-state index in [1.165, 1.54) is 22.6 Å². The van der Waals surface area contributed by atoms with Crippen LogP contribution < -0.4 is 15.9 Å². The molecule has 0 radical (unpaired) electrons. The molecule has 0 aliphatic rings. The van der Waals surface area contributed by atoms with Gasteiger partial charge in [0.15, 0.2) is 0 Å². The van der Waals surface area contributed by atoms with Gasteiger partial charge < -0.3 is 5.73 Å². The number of benzene rings is 1. The molecule has 0 aliphatic carbocycles. The van der Waals surface area contributed by atoms with Gasteiger partial charge in [-0.2, -0.15) is 0 Å². The first-order valence-electron chi connectivity index (χ1n) is 9.76. The first kappa shape index (κ1) is 21.5. The highest BCUT2D eigenvalue weighted by Crippen LogP contribution is 2.27. The maximum absolute atomic E-state index is 13.4. The van der Waals surface area contributed by atoms with Crippen molar-refractivity contribution >= 4 is 48.3 Å². The number of pyridine rings is 2. The number of fused-ring (bicyclic) bond motifs is 2. The van der Waals surface area contributed by atoms with Crippen molar-refractivity contribution in [1.29, 1.82) is 0 Å². The van der Waals surface area contributed by atoms with Gasteiger partial charge in [0, 0.05) is 16.2 Å². The number of nitrogens with two attached hydrogens (primary N) is 1. The molecule has 9 heteroatoms. The molecule has 0 saturated heterocycles. The molecule has 1 aromatic carbocycles. The van der Waals surface area contributed by atoms with E-state index in [4.69, 9.17) is 10.7 Å². The molecule has 3 heterocycles. The van der Waals surface area contributed by atoms with Crippen molar-refractivity contribution < 1.29 is 13.0 Å². The Morgan fingerprint density at radius 1 is 1.19 bits per heavy atom. The van der Waals surface area contributed by atoms with Crippen LogP contribution in [0.25, 0.3) is 16.7 Å². The molecule has 2 N–H and O–H groups in total. The third-order valence-electron chi connectivity index (χ3n) is 5.10. The second-order valence-corrected chi connectivity index (χ2v) is 10.7. The quantitative estimate of drug-likeness (QED) is 0.341. The van der Waals surface area contributed by atoms with Gasteiger partial charge in [-0.05, 0) is 49.2 Å². The summed E-state index contributed by atoms with van der Waals surface area (Å²) in [6.45, 7) is 6.28. The highest BCUT2D eigenvalue weighted by atomic mass is 79.9. The van der Waals surface area contributed by atoms with Gasteiger partial charge in [0.25, 0.3) is 11.2 Å². The zero-order chi connectivity index (χ0) is 22.5. The molecule has 0 aliphatic heterocycles. The van der Waals surface area contributed by atoms with Gasteiger partial charge in [0.05, 0.1) is 11.4 Å². The molecule has 31 heavy (non-hydrogen) atoms. The summed E-state index contributed by atoms with van der Waals surface area (Å²) in [5, 5.41) is 0.202. The molecule has 7 nitrogen and oxygen atoms in total. The summed E-state index contributed by atoms with van der Waals surface area (Å²) in [6.07, 6.45) is 1.63. The summed E-state index contributed by atoms with van der Waals surface area (Å²) in [5.74, 6) is 0.215. The fraction of sp³-hybridized carbons (Fsp3) is 0.227. The number of rotatable bonds is 4. The van der Waals surface area contributed by atoms with Gasteiger partial charge in [-0.3, -0.25) is 9.20 Å². The van der Waals surface area contributed by atoms with Crippen LogP contribution in [0.15, 0.2) is 67.7 Å². The van der Waals surface area contributed by atoms with E-state index in [0.29, 0.717) is 17.8 Å². The number of anilines is 1. The van der Waals surface area contributed by atoms with Gasteiger partial charge in [-0.15, -0.1) is 0 Å². The number of aryl methyl sites for hydroxylation is 1. The number of hydrogen-bond acceptors (Lipinski definition) is 5. The van der Waals surface area contributed by atoms with Crippen molar-refractivity contribution in [2.24, 2.45) is 5.92 Å². The monoisotopic (exact) mass is 501 g/mol. The van der Waals surface area contributed by atoms with Crippen LogP contribution in [-0.2, 0) is 16.4 Å². The fourth-order valence-electron chi connectivity index (χ4n) is 3.59. The Morgan fingerprint density at radius 3 is 2.52 bits per heavy atom. The fourth-order valence-corrected chi connectivity index (χ4v) is 5.26. The number of nitrogen functional groups attached to an aromatic ring is 1. The Balaban J connectivity index is 2.14. The van der Waals surface area contributed by atoms with E-state index in [-0.39, 0.29) is 32.5 Å². The van der Waals surface area contributed by atoms with Crippen molar-refractivity contribution in [3.8, 4) is 0 Å². The minimum absolute atomic E-state index is 0.0638. The molecular formula is C22H22BrN4O3S+. The zero-order valence-corrected chi connectivity index (χ0v) is 19.7. The predicted molar refractivity (Wildman–Crippen MR) is 123 cm³/mol. The maximum Gasteiger partial charge on any atom is 0.278 e. The largest absolute Gasteiger partial charge is 0.317 e. The van der Waals surface area contributed by atoms with Gasteiger partial charge in [-0.25, -0.2) is 13.0 Å². The third-order valence-corrected chi connectivity index (χ3v) is 7.43. The van der Waals surface area contributed by atoms with Crippen LogP contribution in [0, 0.1) is 12.8 Å². The van der Waals surface area contributed by atoms with Crippen LogP contribution in [0.3, 0.4) is 0 Å². The average molecular weight is 502 g/mol. The van der Waals surface area contributed by atoms with Crippen molar-refractivity contribution in [3.63, 3.8) is 0 Å².